The maximum absolute atomic E-state index is 14.0. The molecule has 2 aliphatic heterocycles. The van der Waals surface area contributed by atoms with Gasteiger partial charge >= 0.3 is 0 Å². The van der Waals surface area contributed by atoms with E-state index in [0.29, 0.717) is 45.1 Å². The smallest absolute Gasteiger partial charge is 0.246 e. The Morgan fingerprint density at radius 3 is 2.40 bits per heavy atom. The van der Waals surface area contributed by atoms with Crippen molar-refractivity contribution < 1.29 is 29.1 Å². The molecule has 1 aromatic heterocycles. The second-order valence-corrected chi connectivity index (χ2v) is 12.6. The monoisotopic (exact) mass is 625 g/mol. The van der Waals surface area contributed by atoms with E-state index < -0.39 is 36.0 Å². The molecule has 2 aromatic rings. The molecule has 45 heavy (non-hydrogen) atoms. The van der Waals surface area contributed by atoms with Gasteiger partial charge in [-0.1, -0.05) is 64.7 Å². The van der Waals surface area contributed by atoms with Crippen LogP contribution in [0.3, 0.4) is 0 Å². The van der Waals surface area contributed by atoms with Gasteiger partial charge in [0.25, 0.3) is 0 Å². The van der Waals surface area contributed by atoms with Gasteiger partial charge < -0.3 is 30.8 Å². The number of fused-ring (bicyclic) bond motifs is 2. The van der Waals surface area contributed by atoms with E-state index in [-0.39, 0.29) is 30.3 Å². The third-order valence-electron chi connectivity index (χ3n) is 9.51. The highest BCUT2D eigenvalue weighted by Crippen LogP contribution is 2.24. The SMILES string of the molecule is CC[C@H](O)CCCCC[C@@H]1NC(=O)[C@H]2CCCCN2C(=O)[C@H]([C@H](C)CC)NC(=O)[C@H](Cc2cn(OC)c3ccccc23)NC1=O. The Kier molecular flexibility index (Phi) is 12.3. The number of carbonyl (C=O) groups excluding carboxylic acids is 4. The van der Waals surface area contributed by atoms with E-state index in [4.69, 9.17) is 4.84 Å². The molecule has 4 rings (SSSR count). The van der Waals surface area contributed by atoms with Crippen molar-refractivity contribution in [3.8, 4) is 0 Å². The van der Waals surface area contributed by atoms with Crippen LogP contribution in [0.1, 0.15) is 90.5 Å². The highest BCUT2D eigenvalue weighted by atomic mass is 16.6. The third kappa shape index (κ3) is 8.36. The summed E-state index contributed by atoms with van der Waals surface area (Å²) >= 11 is 0. The van der Waals surface area contributed by atoms with Crippen molar-refractivity contribution in [1.82, 2.24) is 25.6 Å². The molecule has 1 aromatic carbocycles. The minimum atomic E-state index is -0.997. The maximum Gasteiger partial charge on any atom is 0.246 e. The van der Waals surface area contributed by atoms with E-state index in [9.17, 15) is 24.3 Å². The Bertz CT molecular complexity index is 1330. The number of unbranched alkanes of at least 4 members (excludes halogenated alkanes) is 2. The minimum absolute atomic E-state index is 0.164. The normalized spacial score (nSPS) is 24.5. The quantitative estimate of drug-likeness (QED) is 0.267. The predicted octanol–water partition coefficient (Wildman–Crippen LogP) is 2.86. The van der Waals surface area contributed by atoms with Crippen molar-refractivity contribution >= 4 is 34.5 Å². The lowest BCUT2D eigenvalue weighted by molar-refractivity contribution is -0.147. The number of amides is 4. The van der Waals surface area contributed by atoms with Crippen LogP contribution >= 0.6 is 0 Å². The Labute approximate surface area is 266 Å². The van der Waals surface area contributed by atoms with Gasteiger partial charge in [-0.05, 0) is 56.1 Å². The molecule has 2 aliphatic rings. The lowest BCUT2D eigenvalue weighted by Crippen LogP contribution is -2.64. The molecule has 4 N–H and O–H groups in total. The van der Waals surface area contributed by atoms with E-state index in [2.05, 4.69) is 16.0 Å². The van der Waals surface area contributed by atoms with Crippen molar-refractivity contribution in [1.29, 1.82) is 0 Å². The number of hydrogen-bond acceptors (Lipinski definition) is 6. The Morgan fingerprint density at radius 2 is 1.67 bits per heavy atom. The van der Waals surface area contributed by atoms with E-state index >= 15 is 0 Å². The number of aromatic nitrogens is 1. The van der Waals surface area contributed by atoms with Crippen LogP contribution < -0.4 is 20.8 Å². The molecule has 2 fully saturated rings. The fraction of sp³-hybridized carbons (Fsp3) is 0.647. The summed E-state index contributed by atoms with van der Waals surface area (Å²) in [6.07, 6.45) is 8.40. The highest BCUT2D eigenvalue weighted by Gasteiger charge is 2.40. The van der Waals surface area contributed by atoms with Crippen LogP contribution in [0, 0.1) is 5.92 Å². The molecule has 248 valence electrons. The largest absolute Gasteiger partial charge is 0.417 e. The molecule has 3 heterocycles. The van der Waals surface area contributed by atoms with Gasteiger partial charge in [-0.25, -0.2) is 0 Å². The lowest BCUT2D eigenvalue weighted by atomic mass is 9.93. The second kappa shape index (κ2) is 16.1. The molecular formula is C34H51N5O6. The number of carbonyl (C=O) groups is 4. The van der Waals surface area contributed by atoms with Crippen LogP contribution in [0.5, 0.6) is 0 Å². The standard InChI is InChI=1S/C34H51N5O6/c1-5-22(3)30-34(44)38-19-13-12-18-29(38)33(43)35-26(16-9-7-8-14-24(40)6-2)31(41)36-27(32(42)37-30)20-23-21-39(45-4)28-17-11-10-15-25(23)28/h10-11,15,17,21-22,24,26-27,29-30,40H,5-9,12-14,16,18-20H2,1-4H3,(H,35,43)(H,36,41)(H,37,42)/t22-,24+,26+,27+,29-,30+/m1/s1. The number of para-hydroxylation sites is 1. The molecule has 0 radical (unpaired) electrons. The molecule has 11 heteroatoms. The zero-order valence-electron chi connectivity index (χ0n) is 27.2. The number of nitrogens with one attached hydrogen (secondary N) is 3. The molecule has 0 unspecified atom stereocenters. The van der Waals surface area contributed by atoms with Gasteiger partial charge in [0.05, 0.1) is 11.6 Å². The number of aliphatic hydroxyl groups excluding tert-OH is 1. The first kappa shape index (κ1) is 34.3. The number of piperidine rings is 1. The summed E-state index contributed by atoms with van der Waals surface area (Å²) in [5.74, 6) is -1.64. The summed E-state index contributed by atoms with van der Waals surface area (Å²) in [6.45, 7) is 6.26. The maximum atomic E-state index is 14.0. The van der Waals surface area contributed by atoms with E-state index in [0.717, 1.165) is 42.1 Å². The average molecular weight is 626 g/mol. The first-order valence-corrected chi connectivity index (χ1v) is 16.7. The van der Waals surface area contributed by atoms with E-state index in [1.165, 1.54) is 0 Å². The zero-order chi connectivity index (χ0) is 32.5. The number of hydrogen-bond donors (Lipinski definition) is 4. The highest BCUT2D eigenvalue weighted by molar-refractivity contribution is 5.98. The predicted molar refractivity (Wildman–Crippen MR) is 172 cm³/mol. The van der Waals surface area contributed by atoms with E-state index in [1.54, 1.807) is 22.9 Å². The zero-order valence-corrected chi connectivity index (χ0v) is 27.2. The molecule has 2 saturated heterocycles. The summed E-state index contributed by atoms with van der Waals surface area (Å²) in [5.41, 5.74) is 1.63. The van der Waals surface area contributed by atoms with Crippen molar-refractivity contribution in [2.24, 2.45) is 5.92 Å². The molecule has 0 aliphatic carbocycles. The molecule has 0 saturated carbocycles. The van der Waals surface area contributed by atoms with Crippen LogP contribution in [-0.4, -0.2) is 82.3 Å². The number of nitrogens with zero attached hydrogens (tertiary/aromatic N) is 2. The van der Waals surface area contributed by atoms with Crippen molar-refractivity contribution in [3.05, 3.63) is 36.0 Å². The Hall–Kier alpha value is -3.60. The number of rotatable bonds is 12. The second-order valence-electron chi connectivity index (χ2n) is 12.6. The third-order valence-corrected chi connectivity index (χ3v) is 9.51. The van der Waals surface area contributed by atoms with Crippen molar-refractivity contribution in [3.63, 3.8) is 0 Å². The summed E-state index contributed by atoms with van der Waals surface area (Å²) in [6, 6.07) is 4.28. The topological polar surface area (TPSA) is 142 Å². The van der Waals surface area contributed by atoms with Crippen LogP contribution in [-0.2, 0) is 25.6 Å². The molecule has 0 spiro atoms. The van der Waals surface area contributed by atoms with Gasteiger partial charge in [-0.2, -0.15) is 4.73 Å². The van der Waals surface area contributed by atoms with Gasteiger partial charge in [-0.3, -0.25) is 19.2 Å². The minimum Gasteiger partial charge on any atom is -0.417 e. The van der Waals surface area contributed by atoms with Gasteiger partial charge in [-0.15, -0.1) is 0 Å². The molecule has 11 nitrogen and oxygen atoms in total. The molecule has 4 amide bonds. The summed E-state index contributed by atoms with van der Waals surface area (Å²) in [4.78, 5) is 62.8. The fourth-order valence-electron chi connectivity index (χ4n) is 6.46. The van der Waals surface area contributed by atoms with Crippen LogP contribution in [0.15, 0.2) is 30.5 Å². The molecular weight excluding hydrogens is 574 g/mol. The van der Waals surface area contributed by atoms with Crippen LogP contribution in [0.25, 0.3) is 10.9 Å². The first-order chi connectivity index (χ1) is 21.7. The van der Waals surface area contributed by atoms with Crippen LogP contribution in [0.2, 0.25) is 0 Å². The number of benzene rings is 1. The van der Waals surface area contributed by atoms with Crippen LogP contribution in [0.4, 0.5) is 0 Å². The van der Waals surface area contributed by atoms with Gasteiger partial charge in [0.15, 0.2) is 0 Å². The Morgan fingerprint density at radius 1 is 0.933 bits per heavy atom. The fourth-order valence-corrected chi connectivity index (χ4v) is 6.46. The van der Waals surface area contributed by atoms with E-state index in [1.807, 2.05) is 45.0 Å². The van der Waals surface area contributed by atoms with Gasteiger partial charge in [0.2, 0.25) is 23.6 Å². The summed E-state index contributed by atoms with van der Waals surface area (Å²) in [7, 11) is 1.56. The van der Waals surface area contributed by atoms with Crippen molar-refractivity contribution in [2.75, 3.05) is 13.7 Å². The first-order valence-electron chi connectivity index (χ1n) is 16.7. The Balaban J connectivity index is 1.66. The lowest BCUT2D eigenvalue weighted by Gasteiger charge is -2.39. The van der Waals surface area contributed by atoms with Gasteiger partial charge in [0.1, 0.15) is 31.3 Å². The molecule has 6 atom stereocenters. The molecule has 0 bridgehead atoms. The summed E-state index contributed by atoms with van der Waals surface area (Å²) in [5, 5.41) is 19.7. The average Bonchev–Trinajstić information content (AvgIpc) is 3.41. The van der Waals surface area contributed by atoms with Gasteiger partial charge in [0, 0.05) is 24.5 Å². The van der Waals surface area contributed by atoms with Crippen molar-refractivity contribution in [2.45, 2.75) is 122 Å². The summed E-state index contributed by atoms with van der Waals surface area (Å²) < 4.78 is 1.63. The number of aliphatic hydroxyl groups is 1.